The monoisotopic (exact) mass is 191 g/mol. The highest BCUT2D eigenvalue weighted by Crippen LogP contribution is 2.11. The van der Waals surface area contributed by atoms with Crippen molar-refractivity contribution >= 4 is 11.5 Å². The van der Waals surface area contributed by atoms with Gasteiger partial charge in [-0.15, -0.1) is 0 Å². The molecule has 0 aliphatic rings. The molecule has 2 heterocycles. The van der Waals surface area contributed by atoms with E-state index in [1.807, 2.05) is 0 Å². The fourth-order valence-corrected chi connectivity index (χ4v) is 1.31. The summed E-state index contributed by atoms with van der Waals surface area (Å²) in [5, 5.41) is 9.38. The Morgan fingerprint density at radius 2 is 2.21 bits per heavy atom. The van der Waals surface area contributed by atoms with Crippen LogP contribution in [-0.4, -0.2) is 14.5 Å². The van der Waals surface area contributed by atoms with Crippen molar-refractivity contribution in [1.82, 2.24) is 9.38 Å². The molecule has 0 aromatic carbocycles. The standard InChI is InChI=1S/C9H9N3O2/c1-5-8(13)9(14)12-6(10)3-2-4-7(12)11-5/h2-4,13H,10H2,1H3. The molecule has 0 fully saturated rings. The number of anilines is 1. The second kappa shape index (κ2) is 2.73. The van der Waals surface area contributed by atoms with Gasteiger partial charge in [0.1, 0.15) is 11.5 Å². The van der Waals surface area contributed by atoms with Gasteiger partial charge in [-0.25, -0.2) is 9.38 Å². The lowest BCUT2D eigenvalue weighted by Gasteiger charge is -2.05. The quantitative estimate of drug-likeness (QED) is 0.627. The van der Waals surface area contributed by atoms with Crippen LogP contribution < -0.4 is 11.3 Å². The lowest BCUT2D eigenvalue weighted by atomic mass is 10.3. The Hall–Kier alpha value is -2.04. The van der Waals surface area contributed by atoms with Crippen molar-refractivity contribution in [3.63, 3.8) is 0 Å². The molecule has 72 valence electrons. The van der Waals surface area contributed by atoms with E-state index in [0.717, 1.165) is 0 Å². The molecule has 3 N–H and O–H groups in total. The molecule has 2 aromatic rings. The molecule has 2 rings (SSSR count). The number of aryl methyl sites for hydroxylation is 1. The molecular formula is C9H9N3O2. The van der Waals surface area contributed by atoms with Crippen LogP contribution in [0.5, 0.6) is 5.75 Å². The first-order valence-corrected chi connectivity index (χ1v) is 4.08. The fourth-order valence-electron chi connectivity index (χ4n) is 1.31. The van der Waals surface area contributed by atoms with Gasteiger partial charge >= 0.3 is 5.56 Å². The van der Waals surface area contributed by atoms with Crippen LogP contribution in [0.4, 0.5) is 5.82 Å². The molecule has 14 heavy (non-hydrogen) atoms. The van der Waals surface area contributed by atoms with Crippen molar-refractivity contribution in [1.29, 1.82) is 0 Å². The number of hydrogen-bond donors (Lipinski definition) is 2. The summed E-state index contributed by atoms with van der Waals surface area (Å²) in [6.07, 6.45) is 0. The number of fused-ring (bicyclic) bond motifs is 1. The van der Waals surface area contributed by atoms with Gasteiger partial charge in [-0.3, -0.25) is 4.79 Å². The maximum atomic E-state index is 11.6. The first kappa shape index (κ1) is 8.55. The van der Waals surface area contributed by atoms with Gasteiger partial charge in [-0.2, -0.15) is 0 Å². The summed E-state index contributed by atoms with van der Waals surface area (Å²) in [4.78, 5) is 15.6. The van der Waals surface area contributed by atoms with Crippen LogP contribution in [0.15, 0.2) is 23.0 Å². The molecule has 0 spiro atoms. The van der Waals surface area contributed by atoms with E-state index in [2.05, 4.69) is 4.98 Å². The number of nitrogens with zero attached hydrogens (tertiary/aromatic N) is 2. The van der Waals surface area contributed by atoms with E-state index in [0.29, 0.717) is 11.3 Å². The third-order valence-corrected chi connectivity index (χ3v) is 2.03. The molecule has 0 atom stereocenters. The van der Waals surface area contributed by atoms with Crippen molar-refractivity contribution in [2.45, 2.75) is 6.92 Å². The van der Waals surface area contributed by atoms with Gasteiger partial charge in [0, 0.05) is 0 Å². The average Bonchev–Trinajstić information content (AvgIpc) is 2.14. The van der Waals surface area contributed by atoms with Crippen LogP contribution in [0.2, 0.25) is 0 Å². The van der Waals surface area contributed by atoms with Gasteiger partial charge in [0.25, 0.3) is 0 Å². The highest BCUT2D eigenvalue weighted by atomic mass is 16.3. The molecule has 0 amide bonds. The molecule has 0 bridgehead atoms. The first-order valence-electron chi connectivity index (χ1n) is 4.08. The predicted molar refractivity (Wildman–Crippen MR) is 52.3 cm³/mol. The Labute approximate surface area is 79.4 Å². The van der Waals surface area contributed by atoms with Crippen LogP contribution in [0, 0.1) is 6.92 Å². The number of hydrogen-bond acceptors (Lipinski definition) is 4. The van der Waals surface area contributed by atoms with Crippen LogP contribution in [0.1, 0.15) is 5.69 Å². The lowest BCUT2D eigenvalue weighted by molar-refractivity contribution is 0.457. The summed E-state index contributed by atoms with van der Waals surface area (Å²) in [7, 11) is 0. The molecule has 0 aliphatic carbocycles. The summed E-state index contributed by atoms with van der Waals surface area (Å²) < 4.78 is 1.17. The summed E-state index contributed by atoms with van der Waals surface area (Å²) in [5.41, 5.74) is 5.79. The predicted octanol–water partition coefficient (Wildman–Crippen LogP) is 0.291. The Morgan fingerprint density at radius 1 is 1.50 bits per heavy atom. The normalized spacial score (nSPS) is 10.6. The van der Waals surface area contributed by atoms with Gasteiger partial charge in [0.05, 0.1) is 5.69 Å². The number of aromatic hydroxyl groups is 1. The Bertz CT molecular complexity index is 560. The fraction of sp³-hybridized carbons (Fsp3) is 0.111. The highest BCUT2D eigenvalue weighted by molar-refractivity contribution is 5.49. The summed E-state index contributed by atoms with van der Waals surface area (Å²) in [6.45, 7) is 1.57. The van der Waals surface area contributed by atoms with E-state index in [1.54, 1.807) is 25.1 Å². The van der Waals surface area contributed by atoms with Gasteiger partial charge in [0.2, 0.25) is 5.75 Å². The number of nitrogens with two attached hydrogens (primary N) is 1. The third-order valence-electron chi connectivity index (χ3n) is 2.03. The minimum atomic E-state index is -0.536. The SMILES string of the molecule is Cc1nc2cccc(N)n2c(=O)c1O. The van der Waals surface area contributed by atoms with E-state index in [4.69, 9.17) is 5.73 Å². The smallest absolute Gasteiger partial charge is 0.301 e. The largest absolute Gasteiger partial charge is 0.502 e. The molecule has 0 saturated carbocycles. The maximum Gasteiger partial charge on any atom is 0.301 e. The van der Waals surface area contributed by atoms with Gasteiger partial charge in [0.15, 0.2) is 0 Å². The van der Waals surface area contributed by atoms with E-state index in [-0.39, 0.29) is 11.6 Å². The van der Waals surface area contributed by atoms with Gasteiger partial charge in [-0.05, 0) is 19.1 Å². The highest BCUT2D eigenvalue weighted by Gasteiger charge is 2.08. The van der Waals surface area contributed by atoms with Gasteiger partial charge in [-0.1, -0.05) is 6.07 Å². The van der Waals surface area contributed by atoms with E-state index < -0.39 is 5.56 Å². The second-order valence-corrected chi connectivity index (χ2v) is 3.00. The van der Waals surface area contributed by atoms with E-state index in [9.17, 15) is 9.90 Å². The average molecular weight is 191 g/mol. The number of rotatable bonds is 0. The maximum absolute atomic E-state index is 11.6. The van der Waals surface area contributed by atoms with Crippen molar-refractivity contribution in [2.75, 3.05) is 5.73 Å². The second-order valence-electron chi connectivity index (χ2n) is 3.00. The van der Waals surface area contributed by atoms with Crippen molar-refractivity contribution in [2.24, 2.45) is 0 Å². The molecule has 5 nitrogen and oxygen atoms in total. The molecule has 0 saturated heterocycles. The Kier molecular flexibility index (Phi) is 1.67. The number of aromatic nitrogens is 2. The molecule has 0 aliphatic heterocycles. The van der Waals surface area contributed by atoms with Crippen molar-refractivity contribution in [3.8, 4) is 5.75 Å². The summed E-state index contributed by atoms with van der Waals surface area (Å²) in [6, 6.07) is 4.93. The van der Waals surface area contributed by atoms with Crippen molar-refractivity contribution in [3.05, 3.63) is 34.2 Å². The molecule has 5 heteroatoms. The van der Waals surface area contributed by atoms with E-state index in [1.165, 1.54) is 4.40 Å². The van der Waals surface area contributed by atoms with Gasteiger partial charge < -0.3 is 10.8 Å². The Balaban J connectivity index is 3.07. The van der Waals surface area contributed by atoms with Crippen LogP contribution in [0.25, 0.3) is 5.65 Å². The van der Waals surface area contributed by atoms with E-state index >= 15 is 0 Å². The Morgan fingerprint density at radius 3 is 2.93 bits per heavy atom. The molecule has 0 radical (unpaired) electrons. The van der Waals surface area contributed by atoms with Crippen molar-refractivity contribution < 1.29 is 5.11 Å². The minimum Gasteiger partial charge on any atom is -0.502 e. The lowest BCUT2D eigenvalue weighted by Crippen LogP contribution is -2.18. The third kappa shape index (κ3) is 1.02. The topological polar surface area (TPSA) is 80.6 Å². The minimum absolute atomic E-state index is 0.260. The molecule has 2 aromatic heterocycles. The van der Waals surface area contributed by atoms with Crippen LogP contribution in [0.3, 0.4) is 0 Å². The zero-order valence-corrected chi connectivity index (χ0v) is 7.56. The van der Waals surface area contributed by atoms with Crippen LogP contribution >= 0.6 is 0 Å². The zero-order valence-electron chi connectivity index (χ0n) is 7.56. The first-order chi connectivity index (χ1) is 6.61. The number of nitrogen functional groups attached to an aromatic ring is 1. The number of pyridine rings is 1. The summed E-state index contributed by atoms with van der Waals surface area (Å²) in [5.74, 6) is -0.101. The van der Waals surface area contributed by atoms with Crippen LogP contribution in [-0.2, 0) is 0 Å². The zero-order chi connectivity index (χ0) is 10.3. The summed E-state index contributed by atoms with van der Waals surface area (Å²) >= 11 is 0. The molecule has 0 unspecified atom stereocenters. The molecular weight excluding hydrogens is 182 g/mol.